The van der Waals surface area contributed by atoms with E-state index in [1.807, 2.05) is 13.8 Å². The second kappa shape index (κ2) is 14.0. The van der Waals surface area contributed by atoms with E-state index in [9.17, 15) is 24.5 Å². The Bertz CT molecular complexity index is 559. The molecule has 2 aliphatic rings. The fraction of sp³-hybridized carbons (Fsp3) is 0.955. The smallest absolute Gasteiger partial charge is 0.237 e. The lowest BCUT2D eigenvalue weighted by atomic mass is 9.86. The van der Waals surface area contributed by atoms with Crippen molar-refractivity contribution in [1.29, 1.82) is 0 Å². The molecule has 3 unspecified atom stereocenters. The summed E-state index contributed by atoms with van der Waals surface area (Å²) in [5.41, 5.74) is -0.680. The summed E-state index contributed by atoms with van der Waals surface area (Å²) in [6, 6.07) is -0.851. The zero-order chi connectivity index (χ0) is 23.7. The molecule has 2 saturated heterocycles. The molecule has 0 spiro atoms. The number of ether oxygens (including phenoxy) is 2. The molecular formula is C22H41FN2O6S. The lowest BCUT2D eigenvalue weighted by molar-refractivity contribution is -0.208. The number of carbonyl (C=O) groups is 1. The van der Waals surface area contributed by atoms with E-state index in [0.717, 1.165) is 25.8 Å². The topological polar surface area (TPSA) is 120 Å². The van der Waals surface area contributed by atoms with Gasteiger partial charge in [-0.3, -0.25) is 9.18 Å². The van der Waals surface area contributed by atoms with Crippen LogP contribution >= 0.6 is 11.8 Å². The zero-order valence-corrected chi connectivity index (χ0v) is 20.2. The van der Waals surface area contributed by atoms with Gasteiger partial charge in [0.05, 0.1) is 18.8 Å². The van der Waals surface area contributed by atoms with E-state index in [4.69, 9.17) is 9.47 Å². The highest BCUT2D eigenvalue weighted by atomic mass is 32.2. The number of aliphatic hydroxyl groups excluding tert-OH is 3. The number of thioether (sulfide) groups is 1. The van der Waals surface area contributed by atoms with Crippen LogP contribution in [0.25, 0.3) is 0 Å². The van der Waals surface area contributed by atoms with Crippen LogP contribution in [0.3, 0.4) is 0 Å². The normalized spacial score (nSPS) is 34.4. The van der Waals surface area contributed by atoms with E-state index in [2.05, 4.69) is 10.6 Å². The van der Waals surface area contributed by atoms with Gasteiger partial charge in [-0.15, -0.1) is 11.8 Å². The summed E-state index contributed by atoms with van der Waals surface area (Å²) in [7, 11) is 0. The third kappa shape index (κ3) is 7.78. The molecule has 2 fully saturated rings. The van der Waals surface area contributed by atoms with Crippen molar-refractivity contribution in [3.05, 3.63) is 0 Å². The Hall–Kier alpha value is -0.490. The van der Waals surface area contributed by atoms with E-state index < -0.39 is 35.9 Å². The lowest BCUT2D eigenvalue weighted by Crippen LogP contribution is -2.65. The van der Waals surface area contributed by atoms with Gasteiger partial charge in [-0.2, -0.15) is 0 Å². The zero-order valence-electron chi connectivity index (χ0n) is 19.4. The van der Waals surface area contributed by atoms with Crippen molar-refractivity contribution in [1.82, 2.24) is 10.6 Å². The van der Waals surface area contributed by atoms with Crippen LogP contribution in [-0.4, -0.2) is 95.9 Å². The highest BCUT2D eigenvalue weighted by Gasteiger charge is 2.47. The second-order valence-corrected chi connectivity index (χ2v) is 10.1. The SMILES string of the molecule is CS[C@@H]1O[C@@H](C(NC(=O)C2CC(CCCOCCCF)CCN2)C(C)C)[C@@H](O)[C@@H](O)[C@@H]1O. The van der Waals surface area contributed by atoms with Crippen molar-refractivity contribution < 1.29 is 34.0 Å². The first-order valence-corrected chi connectivity index (χ1v) is 13.0. The number of rotatable bonds is 12. The van der Waals surface area contributed by atoms with E-state index in [-0.39, 0.29) is 24.5 Å². The van der Waals surface area contributed by atoms with Crippen LogP contribution in [0.2, 0.25) is 0 Å². The molecule has 1 amide bonds. The Kier molecular flexibility index (Phi) is 12.2. The quantitative estimate of drug-likeness (QED) is 0.261. The van der Waals surface area contributed by atoms with Crippen molar-refractivity contribution >= 4 is 17.7 Å². The molecule has 0 radical (unpaired) electrons. The first-order chi connectivity index (χ1) is 15.3. The first kappa shape index (κ1) is 27.8. The number of halogens is 1. The second-order valence-electron chi connectivity index (χ2n) is 9.15. The maximum Gasteiger partial charge on any atom is 0.237 e. The molecule has 2 rings (SSSR count). The Balaban J connectivity index is 1.90. The third-order valence-corrected chi connectivity index (χ3v) is 7.23. The highest BCUT2D eigenvalue weighted by Crippen LogP contribution is 2.30. The highest BCUT2D eigenvalue weighted by molar-refractivity contribution is 7.99. The van der Waals surface area contributed by atoms with Crippen molar-refractivity contribution in [2.75, 3.05) is 32.7 Å². The maximum atomic E-state index is 13.1. The number of nitrogens with one attached hydrogen (secondary N) is 2. The Morgan fingerprint density at radius 2 is 1.94 bits per heavy atom. The van der Waals surface area contributed by atoms with Crippen LogP contribution in [0.1, 0.15) is 46.0 Å². The molecule has 32 heavy (non-hydrogen) atoms. The van der Waals surface area contributed by atoms with Crippen LogP contribution in [0.4, 0.5) is 4.39 Å². The van der Waals surface area contributed by atoms with Gasteiger partial charge in [-0.25, -0.2) is 0 Å². The molecule has 8 atom stereocenters. The Labute approximate surface area is 195 Å². The summed E-state index contributed by atoms with van der Waals surface area (Å²) in [4.78, 5) is 13.1. The van der Waals surface area contributed by atoms with Gasteiger partial charge in [0.1, 0.15) is 29.9 Å². The van der Waals surface area contributed by atoms with Crippen LogP contribution in [0.5, 0.6) is 0 Å². The Morgan fingerprint density at radius 3 is 2.59 bits per heavy atom. The number of alkyl halides is 1. The number of amides is 1. The molecule has 0 aromatic rings. The molecule has 0 bridgehead atoms. The summed E-state index contributed by atoms with van der Waals surface area (Å²) in [6.07, 6.45) is 1.08. The monoisotopic (exact) mass is 480 g/mol. The predicted octanol–water partition coefficient (Wildman–Crippen LogP) is 0.822. The molecule has 0 aromatic carbocycles. The summed E-state index contributed by atoms with van der Waals surface area (Å²) >= 11 is 1.26. The van der Waals surface area contributed by atoms with Gasteiger partial charge >= 0.3 is 0 Å². The molecule has 8 nitrogen and oxygen atoms in total. The van der Waals surface area contributed by atoms with Gasteiger partial charge in [0.15, 0.2) is 0 Å². The minimum atomic E-state index is -1.34. The third-order valence-electron chi connectivity index (χ3n) is 6.37. The van der Waals surface area contributed by atoms with Gasteiger partial charge < -0.3 is 35.4 Å². The van der Waals surface area contributed by atoms with E-state index in [0.29, 0.717) is 32.0 Å². The fourth-order valence-electron chi connectivity index (χ4n) is 4.45. The van der Waals surface area contributed by atoms with E-state index >= 15 is 0 Å². The van der Waals surface area contributed by atoms with Crippen molar-refractivity contribution in [3.8, 4) is 0 Å². The summed E-state index contributed by atoms with van der Waals surface area (Å²) in [5, 5.41) is 37.2. The molecular weight excluding hydrogens is 439 g/mol. The average Bonchev–Trinajstić information content (AvgIpc) is 2.78. The number of carbonyl (C=O) groups excluding carboxylic acids is 1. The van der Waals surface area contributed by atoms with Gasteiger partial charge in [-0.1, -0.05) is 13.8 Å². The van der Waals surface area contributed by atoms with Crippen LogP contribution in [0, 0.1) is 11.8 Å². The van der Waals surface area contributed by atoms with Crippen molar-refractivity contribution in [2.45, 2.75) is 87.9 Å². The van der Waals surface area contributed by atoms with Crippen molar-refractivity contribution in [2.24, 2.45) is 11.8 Å². The van der Waals surface area contributed by atoms with Gasteiger partial charge in [-0.05, 0) is 56.7 Å². The van der Waals surface area contributed by atoms with E-state index in [1.54, 1.807) is 6.26 Å². The largest absolute Gasteiger partial charge is 0.388 e. The predicted molar refractivity (Wildman–Crippen MR) is 122 cm³/mol. The van der Waals surface area contributed by atoms with Crippen LogP contribution < -0.4 is 10.6 Å². The van der Waals surface area contributed by atoms with Crippen LogP contribution in [-0.2, 0) is 14.3 Å². The van der Waals surface area contributed by atoms with Crippen molar-refractivity contribution in [3.63, 3.8) is 0 Å². The molecule has 10 heteroatoms. The molecule has 2 heterocycles. The molecule has 5 N–H and O–H groups in total. The molecule has 188 valence electrons. The molecule has 0 aliphatic carbocycles. The number of hydrogen-bond acceptors (Lipinski definition) is 8. The minimum absolute atomic E-state index is 0.0515. The summed E-state index contributed by atoms with van der Waals surface area (Å²) in [6.45, 7) is 5.29. The fourth-order valence-corrected chi connectivity index (χ4v) is 5.13. The van der Waals surface area contributed by atoms with Gasteiger partial charge in [0, 0.05) is 13.2 Å². The molecule has 0 aromatic heterocycles. The maximum absolute atomic E-state index is 13.1. The standard InChI is InChI=1S/C22H41FN2O6S/c1-13(2)16(20-18(27)17(26)19(28)22(31-20)32-3)25-21(29)15-12-14(7-9-24-15)6-4-10-30-11-5-8-23/h13-20,22,24,26-28H,4-12H2,1-3H3,(H,25,29)/t14?,15?,16?,17-,18+,19+,20+,22+/m1/s1. The minimum Gasteiger partial charge on any atom is -0.388 e. The lowest BCUT2D eigenvalue weighted by Gasteiger charge is -2.44. The summed E-state index contributed by atoms with van der Waals surface area (Å²) in [5.74, 6) is 0.206. The number of piperidine rings is 1. The van der Waals surface area contributed by atoms with E-state index in [1.165, 1.54) is 11.8 Å². The first-order valence-electron chi connectivity index (χ1n) is 11.7. The molecule has 0 saturated carbocycles. The molecule has 2 aliphatic heterocycles. The average molecular weight is 481 g/mol. The van der Waals surface area contributed by atoms with Gasteiger partial charge in [0.25, 0.3) is 0 Å². The van der Waals surface area contributed by atoms with Gasteiger partial charge in [0.2, 0.25) is 5.91 Å². The number of aliphatic hydroxyl groups is 3. The number of hydrogen-bond donors (Lipinski definition) is 5. The summed E-state index contributed by atoms with van der Waals surface area (Å²) < 4.78 is 23.4. The van der Waals surface area contributed by atoms with Crippen LogP contribution in [0.15, 0.2) is 0 Å². The Morgan fingerprint density at radius 1 is 1.22 bits per heavy atom.